The van der Waals surface area contributed by atoms with Crippen molar-refractivity contribution in [2.45, 2.75) is 32.2 Å². The molecule has 1 N–H and O–H groups in total. The van der Waals surface area contributed by atoms with Crippen molar-refractivity contribution in [3.05, 3.63) is 41.7 Å². The van der Waals surface area contributed by atoms with Gasteiger partial charge in [-0.05, 0) is 25.0 Å². The summed E-state index contributed by atoms with van der Waals surface area (Å²) in [4.78, 5) is 12.0. The minimum atomic E-state index is 0.105. The second-order valence-electron chi connectivity index (χ2n) is 5.57. The fourth-order valence-electron chi connectivity index (χ4n) is 2.75. The molecule has 0 unspecified atom stereocenters. The molecule has 0 saturated heterocycles. The van der Waals surface area contributed by atoms with E-state index >= 15 is 0 Å². The number of carbonyl (C=O) groups is 1. The van der Waals surface area contributed by atoms with Gasteiger partial charge in [0.2, 0.25) is 5.91 Å². The number of nitriles is 1. The third kappa shape index (κ3) is 3.17. The lowest BCUT2D eigenvalue weighted by Crippen LogP contribution is -2.28. The van der Waals surface area contributed by atoms with Crippen molar-refractivity contribution in [1.82, 2.24) is 10.5 Å². The quantitative estimate of drug-likeness (QED) is 0.940. The van der Waals surface area contributed by atoms with Crippen molar-refractivity contribution in [2.75, 3.05) is 0 Å². The predicted molar refractivity (Wildman–Crippen MR) is 80.5 cm³/mol. The van der Waals surface area contributed by atoms with Crippen molar-refractivity contribution in [3.63, 3.8) is 0 Å². The summed E-state index contributed by atoms with van der Waals surface area (Å²) < 4.78 is 5.26. The summed E-state index contributed by atoms with van der Waals surface area (Å²) in [6.07, 6.45) is 4.25. The first kappa shape index (κ1) is 14.3. The Morgan fingerprint density at radius 2 is 2.05 bits per heavy atom. The highest BCUT2D eigenvalue weighted by atomic mass is 16.5. The molecule has 0 atom stereocenters. The zero-order chi connectivity index (χ0) is 15.4. The topological polar surface area (TPSA) is 78.9 Å². The van der Waals surface area contributed by atoms with E-state index in [1.54, 1.807) is 12.1 Å². The van der Waals surface area contributed by atoms with E-state index < -0.39 is 0 Å². The maximum absolute atomic E-state index is 12.0. The van der Waals surface area contributed by atoms with Gasteiger partial charge in [-0.2, -0.15) is 5.26 Å². The van der Waals surface area contributed by atoms with Crippen molar-refractivity contribution in [1.29, 1.82) is 5.26 Å². The molecule has 0 bridgehead atoms. The fraction of sp³-hybridized carbons (Fsp3) is 0.353. The fourth-order valence-corrected chi connectivity index (χ4v) is 2.75. The Morgan fingerprint density at radius 1 is 1.32 bits per heavy atom. The molecule has 2 aromatic rings. The molecule has 22 heavy (non-hydrogen) atoms. The van der Waals surface area contributed by atoms with Gasteiger partial charge in [0.15, 0.2) is 5.76 Å². The van der Waals surface area contributed by atoms with Crippen molar-refractivity contribution >= 4 is 5.91 Å². The van der Waals surface area contributed by atoms with Crippen molar-refractivity contribution < 1.29 is 9.32 Å². The number of rotatable bonds is 4. The van der Waals surface area contributed by atoms with Crippen LogP contribution < -0.4 is 5.32 Å². The Kier molecular flexibility index (Phi) is 4.19. The number of benzene rings is 1. The van der Waals surface area contributed by atoms with Crippen molar-refractivity contribution in [2.24, 2.45) is 5.92 Å². The van der Waals surface area contributed by atoms with Crippen LogP contribution in [0.3, 0.4) is 0 Å². The molecule has 112 valence electrons. The number of aromatic nitrogens is 1. The van der Waals surface area contributed by atoms with Gasteiger partial charge in [0, 0.05) is 17.5 Å². The second-order valence-corrected chi connectivity index (χ2v) is 5.57. The van der Waals surface area contributed by atoms with Gasteiger partial charge < -0.3 is 9.84 Å². The first-order chi connectivity index (χ1) is 10.8. The van der Waals surface area contributed by atoms with Crippen LogP contribution in [0.4, 0.5) is 0 Å². The molecule has 0 radical (unpaired) electrons. The van der Waals surface area contributed by atoms with Gasteiger partial charge >= 0.3 is 0 Å². The number of amides is 1. The average Bonchev–Trinajstić information content (AvgIpc) is 3.24. The van der Waals surface area contributed by atoms with Crippen LogP contribution in [0.1, 0.15) is 37.0 Å². The highest BCUT2D eigenvalue weighted by Gasteiger charge is 2.22. The summed E-state index contributed by atoms with van der Waals surface area (Å²) in [5.74, 6) is 0.889. The Labute approximate surface area is 128 Å². The Morgan fingerprint density at radius 3 is 2.73 bits per heavy atom. The molecule has 1 aromatic heterocycles. The van der Waals surface area contributed by atoms with E-state index in [2.05, 4.69) is 16.5 Å². The molecular weight excluding hydrogens is 278 g/mol. The van der Waals surface area contributed by atoms with Crippen LogP contribution in [0.5, 0.6) is 0 Å². The highest BCUT2D eigenvalue weighted by molar-refractivity contribution is 5.78. The normalized spacial score (nSPS) is 14.7. The maximum atomic E-state index is 12.0. The molecule has 0 spiro atoms. The lowest BCUT2D eigenvalue weighted by molar-refractivity contribution is -0.125. The summed E-state index contributed by atoms with van der Waals surface area (Å²) in [6, 6.07) is 11.0. The average molecular weight is 295 g/mol. The van der Waals surface area contributed by atoms with Gasteiger partial charge in [-0.1, -0.05) is 30.1 Å². The summed E-state index contributed by atoms with van der Waals surface area (Å²) in [5.41, 5.74) is 2.20. The molecule has 1 aliphatic rings. The minimum absolute atomic E-state index is 0.105. The Hall–Kier alpha value is -2.61. The van der Waals surface area contributed by atoms with Crippen LogP contribution >= 0.6 is 0 Å². The smallest absolute Gasteiger partial charge is 0.223 e. The molecule has 1 aromatic carbocycles. The first-order valence-electron chi connectivity index (χ1n) is 7.50. The van der Waals surface area contributed by atoms with E-state index in [4.69, 9.17) is 9.78 Å². The van der Waals surface area contributed by atoms with Gasteiger partial charge in [-0.3, -0.25) is 4.79 Å². The molecule has 1 aliphatic carbocycles. The highest BCUT2D eigenvalue weighted by Crippen LogP contribution is 2.25. The van der Waals surface area contributed by atoms with Crippen LogP contribution in [0.25, 0.3) is 11.3 Å². The van der Waals surface area contributed by atoms with Crippen LogP contribution in [0.2, 0.25) is 0 Å². The second kappa shape index (κ2) is 6.44. The van der Waals surface area contributed by atoms with Gasteiger partial charge in [0.1, 0.15) is 5.69 Å². The van der Waals surface area contributed by atoms with Gasteiger partial charge in [0.05, 0.1) is 18.2 Å². The van der Waals surface area contributed by atoms with E-state index in [-0.39, 0.29) is 11.8 Å². The van der Waals surface area contributed by atoms with E-state index in [0.717, 1.165) is 31.2 Å². The predicted octanol–water partition coefficient (Wildman–Crippen LogP) is 3.02. The third-order valence-corrected chi connectivity index (χ3v) is 4.03. The molecule has 1 fully saturated rings. The monoisotopic (exact) mass is 295 g/mol. The zero-order valence-corrected chi connectivity index (χ0v) is 12.2. The lowest BCUT2D eigenvalue weighted by Gasteiger charge is -2.08. The van der Waals surface area contributed by atoms with Gasteiger partial charge in [0.25, 0.3) is 0 Å². The molecule has 1 amide bonds. The van der Waals surface area contributed by atoms with Crippen LogP contribution in [0.15, 0.2) is 34.9 Å². The summed E-state index contributed by atoms with van der Waals surface area (Å²) in [5, 5.41) is 15.7. The van der Waals surface area contributed by atoms with E-state index in [1.165, 1.54) is 0 Å². The molecule has 1 heterocycles. The first-order valence-corrected chi connectivity index (χ1v) is 7.50. The molecule has 0 aliphatic heterocycles. The van der Waals surface area contributed by atoms with E-state index in [1.807, 2.05) is 18.2 Å². The number of nitrogens with zero attached hydrogens (tertiary/aromatic N) is 2. The molecule has 1 saturated carbocycles. The summed E-state index contributed by atoms with van der Waals surface area (Å²) in [6.45, 7) is 0.360. The number of hydrogen-bond donors (Lipinski definition) is 1. The number of carbonyl (C=O) groups excluding carboxylic acids is 1. The molecular formula is C17H17N3O2. The van der Waals surface area contributed by atoms with Crippen LogP contribution in [-0.4, -0.2) is 11.1 Å². The standard InChI is InChI=1S/C17H17N3O2/c18-10-12-5-7-13(8-6-12)16-9-15(22-20-16)11-19-17(21)14-3-1-2-4-14/h5-9,14H,1-4,11H2,(H,19,21). The largest absolute Gasteiger partial charge is 0.359 e. The molecule has 5 heteroatoms. The Bertz CT molecular complexity index is 691. The number of hydrogen-bond acceptors (Lipinski definition) is 4. The van der Waals surface area contributed by atoms with Crippen LogP contribution in [0, 0.1) is 17.2 Å². The summed E-state index contributed by atoms with van der Waals surface area (Å²) in [7, 11) is 0. The van der Waals surface area contributed by atoms with Gasteiger partial charge in [-0.15, -0.1) is 0 Å². The number of nitrogens with one attached hydrogen (secondary N) is 1. The van der Waals surface area contributed by atoms with Gasteiger partial charge in [-0.25, -0.2) is 0 Å². The third-order valence-electron chi connectivity index (χ3n) is 4.03. The van der Waals surface area contributed by atoms with Crippen LogP contribution in [-0.2, 0) is 11.3 Å². The summed E-state index contributed by atoms with van der Waals surface area (Å²) >= 11 is 0. The SMILES string of the molecule is N#Cc1ccc(-c2cc(CNC(=O)C3CCCC3)on2)cc1. The molecule has 3 rings (SSSR count). The maximum Gasteiger partial charge on any atom is 0.223 e. The Balaban J connectivity index is 1.61. The zero-order valence-electron chi connectivity index (χ0n) is 12.2. The molecule has 5 nitrogen and oxygen atoms in total. The lowest BCUT2D eigenvalue weighted by atomic mass is 10.1. The minimum Gasteiger partial charge on any atom is -0.359 e. The van der Waals surface area contributed by atoms with E-state index in [0.29, 0.717) is 23.6 Å². The van der Waals surface area contributed by atoms with E-state index in [9.17, 15) is 4.79 Å². The van der Waals surface area contributed by atoms with Crippen molar-refractivity contribution in [3.8, 4) is 17.3 Å².